The quantitative estimate of drug-likeness (QED) is 0.819. The van der Waals surface area contributed by atoms with E-state index in [1.54, 1.807) is 32.2 Å². The second kappa shape index (κ2) is 6.16. The van der Waals surface area contributed by atoms with Gasteiger partial charge in [0.25, 0.3) is 0 Å². The molecule has 0 heterocycles. The maximum absolute atomic E-state index is 13.8. The van der Waals surface area contributed by atoms with Gasteiger partial charge in [0, 0.05) is 12.0 Å². The van der Waals surface area contributed by atoms with E-state index in [-0.39, 0.29) is 24.3 Å². The maximum Gasteiger partial charge on any atom is 0.167 e. The zero-order valence-corrected chi connectivity index (χ0v) is 11.5. The molecule has 0 aromatic heterocycles. The van der Waals surface area contributed by atoms with Gasteiger partial charge in [0.2, 0.25) is 0 Å². The average Bonchev–Trinajstić information content (AvgIpc) is 2.34. The minimum atomic E-state index is -0.417. The summed E-state index contributed by atoms with van der Waals surface area (Å²) in [5, 5.41) is 12.4. The fraction of sp³-hybridized carbons (Fsp3) is 0.571. The summed E-state index contributed by atoms with van der Waals surface area (Å²) in [5.41, 5.74) is 0.151. The summed E-state index contributed by atoms with van der Waals surface area (Å²) in [4.78, 5) is 0. The number of ether oxygens (including phenoxy) is 1. The van der Waals surface area contributed by atoms with E-state index >= 15 is 0 Å². The molecule has 2 N–H and O–H groups in total. The molecule has 0 saturated heterocycles. The van der Waals surface area contributed by atoms with Crippen molar-refractivity contribution in [3.05, 3.63) is 29.6 Å². The Hall–Kier alpha value is -1.13. The van der Waals surface area contributed by atoms with Crippen LogP contribution in [0.4, 0.5) is 4.39 Å². The molecule has 0 saturated carbocycles. The molecule has 0 bridgehead atoms. The van der Waals surface area contributed by atoms with Crippen LogP contribution in [-0.4, -0.2) is 30.4 Å². The standard InChI is InChI=1S/C14H22FNO2/c1-10-6-5-7-12(13(10)15)18-11(2)8-14(3,9-17)16-4/h5-7,11,16-17H,8-9H2,1-4H3. The lowest BCUT2D eigenvalue weighted by atomic mass is 9.96. The minimum absolute atomic E-state index is 0.00744. The monoisotopic (exact) mass is 255 g/mol. The zero-order chi connectivity index (χ0) is 13.8. The van der Waals surface area contributed by atoms with Crippen molar-refractivity contribution in [1.29, 1.82) is 0 Å². The minimum Gasteiger partial charge on any atom is -0.488 e. The number of halogens is 1. The lowest BCUT2D eigenvalue weighted by Gasteiger charge is -2.30. The third-order valence-corrected chi connectivity index (χ3v) is 3.18. The topological polar surface area (TPSA) is 41.5 Å². The van der Waals surface area contributed by atoms with E-state index in [0.717, 1.165) is 0 Å². The van der Waals surface area contributed by atoms with Crippen LogP contribution in [0.25, 0.3) is 0 Å². The van der Waals surface area contributed by atoms with Crippen LogP contribution in [0.2, 0.25) is 0 Å². The van der Waals surface area contributed by atoms with Crippen LogP contribution < -0.4 is 10.1 Å². The molecule has 102 valence electrons. The van der Waals surface area contributed by atoms with Crippen LogP contribution in [0.1, 0.15) is 25.8 Å². The van der Waals surface area contributed by atoms with E-state index in [9.17, 15) is 9.50 Å². The van der Waals surface area contributed by atoms with Crippen LogP contribution in [-0.2, 0) is 0 Å². The first kappa shape index (κ1) is 14.9. The zero-order valence-electron chi connectivity index (χ0n) is 11.5. The van der Waals surface area contributed by atoms with Crippen molar-refractivity contribution in [3.63, 3.8) is 0 Å². The normalized spacial score (nSPS) is 16.1. The molecule has 0 fully saturated rings. The van der Waals surface area contributed by atoms with Gasteiger partial charge in [-0.05, 0) is 39.4 Å². The number of likely N-dealkylation sites (N-methyl/N-ethyl adjacent to an activating group) is 1. The van der Waals surface area contributed by atoms with E-state index in [4.69, 9.17) is 4.74 Å². The predicted octanol–water partition coefficient (Wildman–Crippen LogP) is 2.26. The van der Waals surface area contributed by atoms with Crippen LogP contribution >= 0.6 is 0 Å². The Bertz CT molecular complexity index is 391. The third kappa shape index (κ3) is 3.68. The van der Waals surface area contributed by atoms with Crippen molar-refractivity contribution in [3.8, 4) is 5.75 Å². The first-order valence-corrected chi connectivity index (χ1v) is 6.13. The van der Waals surface area contributed by atoms with Gasteiger partial charge in [0.05, 0.1) is 12.7 Å². The summed E-state index contributed by atoms with van der Waals surface area (Å²) in [6.45, 7) is 5.48. The SMILES string of the molecule is CNC(C)(CO)CC(C)Oc1cccc(C)c1F. The van der Waals surface area contributed by atoms with Gasteiger partial charge in [0.1, 0.15) is 0 Å². The van der Waals surface area contributed by atoms with Crippen LogP contribution in [0.15, 0.2) is 18.2 Å². The molecule has 0 amide bonds. The van der Waals surface area contributed by atoms with Crippen molar-refractivity contribution < 1.29 is 14.2 Å². The van der Waals surface area contributed by atoms with Crippen LogP contribution in [0, 0.1) is 12.7 Å². The molecule has 0 aliphatic rings. The number of hydrogen-bond donors (Lipinski definition) is 2. The number of benzene rings is 1. The second-order valence-electron chi connectivity index (χ2n) is 4.99. The lowest BCUT2D eigenvalue weighted by molar-refractivity contribution is 0.112. The predicted molar refractivity (Wildman–Crippen MR) is 70.4 cm³/mol. The second-order valence-corrected chi connectivity index (χ2v) is 4.99. The molecule has 2 unspecified atom stereocenters. The van der Waals surface area contributed by atoms with E-state index in [2.05, 4.69) is 5.32 Å². The molecule has 1 aromatic carbocycles. The molecular weight excluding hydrogens is 233 g/mol. The summed E-state index contributed by atoms with van der Waals surface area (Å²) in [5.74, 6) is -0.0570. The van der Waals surface area contributed by atoms with Crippen molar-refractivity contribution >= 4 is 0 Å². The highest BCUT2D eigenvalue weighted by atomic mass is 19.1. The number of nitrogens with one attached hydrogen (secondary N) is 1. The van der Waals surface area contributed by atoms with Crippen LogP contribution in [0.5, 0.6) is 5.75 Å². The highest BCUT2D eigenvalue weighted by molar-refractivity contribution is 5.30. The van der Waals surface area contributed by atoms with Gasteiger partial charge in [-0.3, -0.25) is 0 Å². The molecule has 0 radical (unpaired) electrons. The van der Waals surface area contributed by atoms with Gasteiger partial charge in [-0.15, -0.1) is 0 Å². The van der Waals surface area contributed by atoms with Gasteiger partial charge < -0.3 is 15.2 Å². The highest BCUT2D eigenvalue weighted by Gasteiger charge is 2.25. The number of hydrogen-bond acceptors (Lipinski definition) is 3. The summed E-state index contributed by atoms with van der Waals surface area (Å²) in [6, 6.07) is 5.09. The molecule has 18 heavy (non-hydrogen) atoms. The molecule has 3 nitrogen and oxygen atoms in total. The average molecular weight is 255 g/mol. The van der Waals surface area contributed by atoms with Crippen LogP contribution in [0.3, 0.4) is 0 Å². The number of aliphatic hydroxyl groups excluding tert-OH is 1. The van der Waals surface area contributed by atoms with Gasteiger partial charge in [0.15, 0.2) is 11.6 Å². The van der Waals surface area contributed by atoms with Crippen molar-refractivity contribution in [1.82, 2.24) is 5.32 Å². The Morgan fingerprint density at radius 2 is 2.17 bits per heavy atom. The van der Waals surface area contributed by atoms with E-state index in [0.29, 0.717) is 12.0 Å². The first-order chi connectivity index (χ1) is 8.41. The largest absolute Gasteiger partial charge is 0.488 e. The number of rotatable bonds is 6. The van der Waals surface area contributed by atoms with Crippen molar-refractivity contribution in [2.75, 3.05) is 13.7 Å². The van der Waals surface area contributed by atoms with Gasteiger partial charge in [-0.2, -0.15) is 0 Å². The number of aliphatic hydroxyl groups is 1. The van der Waals surface area contributed by atoms with Gasteiger partial charge in [-0.25, -0.2) is 4.39 Å². The summed E-state index contributed by atoms with van der Waals surface area (Å²) >= 11 is 0. The smallest absolute Gasteiger partial charge is 0.167 e. The molecule has 2 atom stereocenters. The highest BCUT2D eigenvalue weighted by Crippen LogP contribution is 2.23. The Morgan fingerprint density at radius 3 is 2.72 bits per heavy atom. The van der Waals surface area contributed by atoms with E-state index in [1.807, 2.05) is 13.8 Å². The van der Waals surface area contributed by atoms with E-state index < -0.39 is 5.54 Å². The molecule has 1 aromatic rings. The summed E-state index contributed by atoms with van der Waals surface area (Å²) < 4.78 is 19.4. The van der Waals surface area contributed by atoms with E-state index in [1.165, 1.54) is 0 Å². The molecule has 0 aliphatic heterocycles. The summed E-state index contributed by atoms with van der Waals surface area (Å²) in [7, 11) is 1.79. The fourth-order valence-corrected chi connectivity index (χ4v) is 1.85. The molecular formula is C14H22FNO2. The molecule has 0 aliphatic carbocycles. The Balaban J connectivity index is 2.70. The first-order valence-electron chi connectivity index (χ1n) is 6.13. The Morgan fingerprint density at radius 1 is 1.50 bits per heavy atom. The Kier molecular flexibility index (Phi) is 5.11. The molecule has 0 spiro atoms. The third-order valence-electron chi connectivity index (χ3n) is 3.18. The van der Waals surface area contributed by atoms with Gasteiger partial charge >= 0.3 is 0 Å². The summed E-state index contributed by atoms with van der Waals surface area (Å²) in [6.07, 6.45) is 0.402. The van der Waals surface area contributed by atoms with Crippen molar-refractivity contribution in [2.24, 2.45) is 0 Å². The maximum atomic E-state index is 13.8. The van der Waals surface area contributed by atoms with Crippen molar-refractivity contribution in [2.45, 2.75) is 38.8 Å². The Labute approximate surface area is 108 Å². The lowest BCUT2D eigenvalue weighted by Crippen LogP contribution is -2.46. The fourth-order valence-electron chi connectivity index (χ4n) is 1.85. The number of aryl methyl sites for hydroxylation is 1. The van der Waals surface area contributed by atoms with Gasteiger partial charge in [-0.1, -0.05) is 12.1 Å². The molecule has 1 rings (SSSR count). The molecule has 4 heteroatoms.